The molecule has 0 aliphatic carbocycles. The molecule has 0 amide bonds. The molecule has 3 nitrogen and oxygen atoms in total. The van der Waals surface area contributed by atoms with Crippen LogP contribution in [0.5, 0.6) is 0 Å². The number of carbonyl (C=O) groups is 1. The molecule has 6 heteroatoms. The molecule has 0 saturated carbocycles. The van der Waals surface area contributed by atoms with E-state index in [1.807, 2.05) is 0 Å². The summed E-state index contributed by atoms with van der Waals surface area (Å²) in [6, 6.07) is 4.38. The maximum absolute atomic E-state index is 12.3. The number of esters is 1. The molecule has 0 radical (unpaired) electrons. The Morgan fingerprint density at radius 3 is 2.39 bits per heavy atom. The molecule has 0 bridgehead atoms. The smallest absolute Gasteiger partial charge is 0.416 e. The summed E-state index contributed by atoms with van der Waals surface area (Å²) in [5.41, 5.74) is -0.275. The van der Waals surface area contributed by atoms with Crippen molar-refractivity contribution in [2.45, 2.75) is 12.8 Å². The molecule has 0 spiro atoms. The molecule has 1 aromatic carbocycles. The second-order valence-electron chi connectivity index (χ2n) is 3.33. The summed E-state index contributed by atoms with van der Waals surface area (Å²) in [6.45, 7) is 2.87. The summed E-state index contributed by atoms with van der Waals surface area (Å²) in [5.74, 6) is -0.616. The fourth-order valence-electron chi connectivity index (χ4n) is 1.12. The highest BCUT2D eigenvalue weighted by atomic mass is 19.4. The van der Waals surface area contributed by atoms with Gasteiger partial charge in [0.2, 0.25) is 0 Å². The van der Waals surface area contributed by atoms with Gasteiger partial charge in [0.1, 0.15) is 6.61 Å². The minimum Gasteiger partial charge on any atom is -0.490 e. The summed E-state index contributed by atoms with van der Waals surface area (Å²) >= 11 is 0. The lowest BCUT2D eigenvalue weighted by atomic mass is 10.1. The number of ether oxygens (including phenoxy) is 2. The van der Waals surface area contributed by atoms with Gasteiger partial charge in [-0.3, -0.25) is 0 Å². The third-order valence-corrected chi connectivity index (χ3v) is 2.00. The van der Waals surface area contributed by atoms with Crippen molar-refractivity contribution in [3.05, 3.63) is 48.2 Å². The molecular weight excluding hydrogens is 249 g/mol. The van der Waals surface area contributed by atoms with E-state index in [1.165, 1.54) is 12.1 Å². The van der Waals surface area contributed by atoms with Gasteiger partial charge in [0.25, 0.3) is 0 Å². The molecule has 0 aromatic heterocycles. The molecule has 0 aliphatic rings. The average Bonchev–Trinajstić information content (AvgIpc) is 2.33. The number of alkyl halides is 3. The largest absolute Gasteiger partial charge is 0.490 e. The van der Waals surface area contributed by atoms with E-state index in [-0.39, 0.29) is 13.2 Å². The van der Waals surface area contributed by atoms with Crippen LogP contribution in [0.25, 0.3) is 0 Å². The van der Waals surface area contributed by atoms with Gasteiger partial charge in [-0.25, -0.2) is 4.79 Å². The van der Waals surface area contributed by atoms with Gasteiger partial charge in [0.05, 0.1) is 11.8 Å². The highest BCUT2D eigenvalue weighted by molar-refractivity contribution is 5.70. The maximum Gasteiger partial charge on any atom is 0.416 e. The van der Waals surface area contributed by atoms with Crippen molar-refractivity contribution in [3.63, 3.8) is 0 Å². The van der Waals surface area contributed by atoms with E-state index in [0.717, 1.165) is 18.4 Å². The van der Waals surface area contributed by atoms with Crippen molar-refractivity contribution in [1.29, 1.82) is 0 Å². The monoisotopic (exact) mass is 260 g/mol. The predicted octanol–water partition coefficient (Wildman–Crippen LogP) is 2.91. The van der Waals surface area contributed by atoms with Crippen LogP contribution in [0.1, 0.15) is 11.1 Å². The Bertz CT molecular complexity index is 410. The number of benzene rings is 1. The van der Waals surface area contributed by atoms with Crippen molar-refractivity contribution >= 4 is 5.97 Å². The SMILES string of the molecule is C=COCC(=O)OCc1ccc(C(F)(F)F)cc1. The van der Waals surface area contributed by atoms with E-state index in [0.29, 0.717) is 5.56 Å². The van der Waals surface area contributed by atoms with Crippen molar-refractivity contribution in [1.82, 2.24) is 0 Å². The molecule has 0 fully saturated rings. The van der Waals surface area contributed by atoms with Crippen LogP contribution < -0.4 is 0 Å². The van der Waals surface area contributed by atoms with Crippen LogP contribution in [0.3, 0.4) is 0 Å². The Labute approximate surface area is 102 Å². The summed E-state index contributed by atoms with van der Waals surface area (Å²) < 4.78 is 46.1. The van der Waals surface area contributed by atoms with E-state index in [1.54, 1.807) is 0 Å². The van der Waals surface area contributed by atoms with Crippen LogP contribution in [-0.4, -0.2) is 12.6 Å². The van der Waals surface area contributed by atoms with E-state index in [9.17, 15) is 18.0 Å². The fraction of sp³-hybridized carbons (Fsp3) is 0.250. The molecule has 0 N–H and O–H groups in total. The zero-order valence-electron chi connectivity index (χ0n) is 9.37. The Balaban J connectivity index is 2.49. The number of carbonyl (C=O) groups excluding carboxylic acids is 1. The Hall–Kier alpha value is -1.98. The topological polar surface area (TPSA) is 35.5 Å². The Morgan fingerprint density at radius 1 is 1.28 bits per heavy atom. The van der Waals surface area contributed by atoms with E-state index < -0.39 is 17.7 Å². The summed E-state index contributed by atoms with van der Waals surface area (Å²) in [4.78, 5) is 11.0. The van der Waals surface area contributed by atoms with Gasteiger partial charge in [0, 0.05) is 0 Å². The third-order valence-electron chi connectivity index (χ3n) is 2.00. The highest BCUT2D eigenvalue weighted by Crippen LogP contribution is 2.29. The van der Waals surface area contributed by atoms with Crippen molar-refractivity contribution in [3.8, 4) is 0 Å². The van der Waals surface area contributed by atoms with E-state index >= 15 is 0 Å². The molecule has 98 valence electrons. The van der Waals surface area contributed by atoms with Crippen molar-refractivity contribution in [2.75, 3.05) is 6.61 Å². The summed E-state index contributed by atoms with van der Waals surface area (Å²) in [7, 11) is 0. The zero-order valence-corrected chi connectivity index (χ0v) is 9.37. The number of rotatable bonds is 5. The Morgan fingerprint density at radius 2 is 1.89 bits per heavy atom. The van der Waals surface area contributed by atoms with E-state index in [4.69, 9.17) is 4.74 Å². The predicted molar refractivity (Wildman–Crippen MR) is 57.4 cm³/mol. The average molecular weight is 260 g/mol. The minimum atomic E-state index is -4.37. The molecule has 0 aliphatic heterocycles. The van der Waals surface area contributed by atoms with Gasteiger partial charge in [-0.15, -0.1) is 0 Å². The molecule has 0 heterocycles. The summed E-state index contributed by atoms with van der Waals surface area (Å²) in [6.07, 6.45) is -3.27. The van der Waals surface area contributed by atoms with E-state index in [2.05, 4.69) is 11.3 Å². The molecule has 0 atom stereocenters. The lowest BCUT2D eigenvalue weighted by molar-refractivity contribution is -0.148. The van der Waals surface area contributed by atoms with Gasteiger partial charge in [-0.05, 0) is 17.7 Å². The molecular formula is C12H11F3O3. The third kappa shape index (κ3) is 4.48. The van der Waals surface area contributed by atoms with Crippen LogP contribution in [0.2, 0.25) is 0 Å². The van der Waals surface area contributed by atoms with Gasteiger partial charge in [-0.2, -0.15) is 13.2 Å². The van der Waals surface area contributed by atoms with Gasteiger partial charge in [0.15, 0.2) is 6.61 Å². The second kappa shape index (κ2) is 6.09. The number of hydrogen-bond acceptors (Lipinski definition) is 3. The molecule has 0 unspecified atom stereocenters. The lowest BCUT2D eigenvalue weighted by Gasteiger charge is -2.08. The number of hydrogen-bond donors (Lipinski definition) is 0. The summed E-state index contributed by atoms with van der Waals surface area (Å²) in [5, 5.41) is 0. The van der Waals surface area contributed by atoms with Gasteiger partial charge in [-0.1, -0.05) is 18.7 Å². The molecule has 1 rings (SSSR count). The highest BCUT2D eigenvalue weighted by Gasteiger charge is 2.29. The van der Waals surface area contributed by atoms with Gasteiger partial charge < -0.3 is 9.47 Å². The van der Waals surface area contributed by atoms with Crippen molar-refractivity contribution < 1.29 is 27.4 Å². The normalized spacial score (nSPS) is 10.8. The van der Waals surface area contributed by atoms with Crippen LogP contribution in [0, 0.1) is 0 Å². The first-order valence-electron chi connectivity index (χ1n) is 4.97. The van der Waals surface area contributed by atoms with Crippen LogP contribution in [-0.2, 0) is 27.1 Å². The zero-order chi connectivity index (χ0) is 13.6. The van der Waals surface area contributed by atoms with Crippen LogP contribution in [0.15, 0.2) is 37.1 Å². The minimum absolute atomic E-state index is 0.0997. The fourth-order valence-corrected chi connectivity index (χ4v) is 1.12. The molecule has 0 saturated heterocycles. The molecule has 18 heavy (non-hydrogen) atoms. The van der Waals surface area contributed by atoms with Crippen LogP contribution >= 0.6 is 0 Å². The van der Waals surface area contributed by atoms with Crippen LogP contribution in [0.4, 0.5) is 13.2 Å². The number of halogens is 3. The maximum atomic E-state index is 12.3. The Kier molecular flexibility index (Phi) is 4.76. The lowest BCUT2D eigenvalue weighted by Crippen LogP contribution is -2.10. The molecule has 1 aromatic rings. The quantitative estimate of drug-likeness (QED) is 0.603. The first kappa shape index (κ1) is 14.1. The first-order chi connectivity index (χ1) is 8.43. The first-order valence-corrected chi connectivity index (χ1v) is 4.97. The second-order valence-corrected chi connectivity index (χ2v) is 3.33. The van der Waals surface area contributed by atoms with Crippen molar-refractivity contribution in [2.24, 2.45) is 0 Å². The van der Waals surface area contributed by atoms with Gasteiger partial charge >= 0.3 is 12.1 Å². The standard InChI is InChI=1S/C12H11F3O3/c1-2-17-8-11(16)18-7-9-3-5-10(6-4-9)12(13,14)15/h2-6H,1,7-8H2.